The largest absolute Gasteiger partial charge is 0.384 e. The summed E-state index contributed by atoms with van der Waals surface area (Å²) in [4.78, 5) is 12.9. The standard InChI is InChI=1S/C21H20N8/c1-29-21(27-19(28-29)15-4-7-17-14(12-15)8-10-23-17)25-16-5-2-13(3-6-16)18-9-11-24-20(22)26-18/h2-7,9,11-12,23H,8,10H2,1H3,(H2,22,24,26)(H,25,27,28). The molecular formula is C21H20N8. The van der Waals surface area contributed by atoms with Crippen molar-refractivity contribution in [3.05, 3.63) is 60.3 Å². The number of anilines is 4. The molecule has 5 rings (SSSR count). The second kappa shape index (κ2) is 6.90. The van der Waals surface area contributed by atoms with E-state index in [0.717, 1.165) is 35.5 Å². The van der Waals surface area contributed by atoms with Gasteiger partial charge in [-0.25, -0.2) is 14.6 Å². The highest BCUT2D eigenvalue weighted by Gasteiger charge is 2.14. The first kappa shape index (κ1) is 17.2. The van der Waals surface area contributed by atoms with Crippen LogP contribution in [0.5, 0.6) is 0 Å². The van der Waals surface area contributed by atoms with Crippen LogP contribution in [0.3, 0.4) is 0 Å². The number of hydrogen-bond donors (Lipinski definition) is 3. The maximum atomic E-state index is 5.67. The number of nitrogens with zero attached hydrogens (tertiary/aromatic N) is 5. The van der Waals surface area contributed by atoms with Gasteiger partial charge in [-0.2, -0.15) is 4.98 Å². The van der Waals surface area contributed by atoms with Gasteiger partial charge in [-0.05, 0) is 48.4 Å². The van der Waals surface area contributed by atoms with Crippen LogP contribution in [0, 0.1) is 0 Å². The van der Waals surface area contributed by atoms with Gasteiger partial charge in [0.1, 0.15) is 0 Å². The van der Waals surface area contributed by atoms with Crippen molar-refractivity contribution in [1.29, 1.82) is 0 Å². The summed E-state index contributed by atoms with van der Waals surface area (Å²) < 4.78 is 1.75. The maximum Gasteiger partial charge on any atom is 0.225 e. The second-order valence-electron chi connectivity index (χ2n) is 6.93. The van der Waals surface area contributed by atoms with E-state index in [-0.39, 0.29) is 5.95 Å². The van der Waals surface area contributed by atoms with Crippen molar-refractivity contribution in [2.45, 2.75) is 6.42 Å². The van der Waals surface area contributed by atoms with Gasteiger partial charge in [0.05, 0.1) is 5.69 Å². The molecule has 1 aliphatic heterocycles. The van der Waals surface area contributed by atoms with Crippen LogP contribution in [-0.2, 0) is 13.5 Å². The Morgan fingerprint density at radius 1 is 1.03 bits per heavy atom. The first-order valence-electron chi connectivity index (χ1n) is 9.40. The molecule has 0 spiro atoms. The molecule has 8 heteroatoms. The van der Waals surface area contributed by atoms with Gasteiger partial charge < -0.3 is 16.4 Å². The minimum absolute atomic E-state index is 0.263. The van der Waals surface area contributed by atoms with Gasteiger partial charge in [0, 0.05) is 42.3 Å². The number of aryl methyl sites for hydroxylation is 1. The third-order valence-corrected chi connectivity index (χ3v) is 4.95. The van der Waals surface area contributed by atoms with Gasteiger partial charge in [-0.1, -0.05) is 12.1 Å². The SMILES string of the molecule is Cn1nc(-c2ccc3c(c2)CCN3)nc1Nc1ccc(-c2ccnc(N)n2)cc1. The molecule has 0 amide bonds. The summed E-state index contributed by atoms with van der Waals surface area (Å²) in [5.74, 6) is 1.65. The van der Waals surface area contributed by atoms with Crippen LogP contribution < -0.4 is 16.4 Å². The average Bonchev–Trinajstić information content (AvgIpc) is 3.35. The second-order valence-corrected chi connectivity index (χ2v) is 6.93. The number of nitrogens with one attached hydrogen (secondary N) is 2. The van der Waals surface area contributed by atoms with Crippen LogP contribution in [0.15, 0.2) is 54.7 Å². The molecule has 2 aromatic carbocycles. The smallest absolute Gasteiger partial charge is 0.225 e. The lowest BCUT2D eigenvalue weighted by atomic mass is 10.1. The summed E-state index contributed by atoms with van der Waals surface area (Å²) in [6, 6.07) is 16.1. The molecule has 4 N–H and O–H groups in total. The van der Waals surface area contributed by atoms with Crippen LogP contribution >= 0.6 is 0 Å². The van der Waals surface area contributed by atoms with Crippen molar-refractivity contribution in [1.82, 2.24) is 24.7 Å². The molecule has 4 aromatic rings. The Labute approximate surface area is 167 Å². The Hall–Kier alpha value is -3.94. The first-order chi connectivity index (χ1) is 14.2. The molecule has 0 bridgehead atoms. The van der Waals surface area contributed by atoms with Crippen LogP contribution in [-0.4, -0.2) is 31.3 Å². The summed E-state index contributed by atoms with van der Waals surface area (Å²) in [5.41, 5.74) is 11.9. The van der Waals surface area contributed by atoms with Crippen molar-refractivity contribution in [3.63, 3.8) is 0 Å². The number of rotatable bonds is 4. The Morgan fingerprint density at radius 2 is 1.86 bits per heavy atom. The maximum absolute atomic E-state index is 5.67. The Bertz CT molecular complexity index is 1180. The van der Waals surface area contributed by atoms with Gasteiger partial charge in [0.15, 0.2) is 5.82 Å². The van der Waals surface area contributed by atoms with Crippen molar-refractivity contribution < 1.29 is 0 Å². The van der Waals surface area contributed by atoms with Crippen LogP contribution in [0.4, 0.5) is 23.3 Å². The van der Waals surface area contributed by atoms with E-state index in [1.165, 1.54) is 11.3 Å². The van der Waals surface area contributed by atoms with E-state index in [1.54, 1.807) is 10.9 Å². The van der Waals surface area contributed by atoms with E-state index < -0.39 is 0 Å². The number of fused-ring (bicyclic) bond motifs is 1. The lowest BCUT2D eigenvalue weighted by Gasteiger charge is -2.06. The number of benzene rings is 2. The zero-order chi connectivity index (χ0) is 19.8. The third kappa shape index (κ3) is 3.36. The minimum Gasteiger partial charge on any atom is -0.384 e. The summed E-state index contributed by atoms with van der Waals surface area (Å²) in [5, 5.41) is 11.3. The van der Waals surface area contributed by atoms with Crippen LogP contribution in [0.25, 0.3) is 22.6 Å². The van der Waals surface area contributed by atoms with Gasteiger partial charge in [0.25, 0.3) is 0 Å². The fraction of sp³-hybridized carbons (Fsp3) is 0.143. The molecular weight excluding hydrogens is 364 g/mol. The predicted octanol–water partition coefficient (Wildman–Crippen LogP) is 3.23. The molecule has 0 aliphatic carbocycles. The fourth-order valence-corrected chi connectivity index (χ4v) is 3.45. The molecule has 144 valence electrons. The van der Waals surface area contributed by atoms with Crippen molar-refractivity contribution in [2.24, 2.45) is 7.05 Å². The number of aromatic nitrogens is 5. The lowest BCUT2D eigenvalue weighted by molar-refractivity contribution is 0.778. The van der Waals surface area contributed by atoms with Crippen LogP contribution in [0.1, 0.15) is 5.56 Å². The van der Waals surface area contributed by atoms with Gasteiger partial charge in [-0.15, -0.1) is 5.10 Å². The molecule has 8 nitrogen and oxygen atoms in total. The average molecular weight is 384 g/mol. The van der Waals surface area contributed by atoms with Crippen molar-refractivity contribution in [2.75, 3.05) is 22.9 Å². The molecule has 0 fully saturated rings. The van der Waals surface area contributed by atoms with E-state index in [4.69, 9.17) is 5.73 Å². The van der Waals surface area contributed by atoms with E-state index in [2.05, 4.69) is 48.9 Å². The Balaban J connectivity index is 1.37. The molecule has 0 unspecified atom stereocenters. The van der Waals surface area contributed by atoms with Crippen LogP contribution in [0.2, 0.25) is 0 Å². The third-order valence-electron chi connectivity index (χ3n) is 4.95. The molecule has 29 heavy (non-hydrogen) atoms. The number of nitrogen functional groups attached to an aromatic ring is 1. The predicted molar refractivity (Wildman–Crippen MR) is 114 cm³/mol. The van der Waals surface area contributed by atoms with Crippen molar-refractivity contribution in [3.8, 4) is 22.6 Å². The lowest BCUT2D eigenvalue weighted by Crippen LogP contribution is -2.00. The number of nitrogens with two attached hydrogens (primary N) is 1. The fourth-order valence-electron chi connectivity index (χ4n) is 3.45. The highest BCUT2D eigenvalue weighted by Crippen LogP contribution is 2.28. The first-order valence-corrected chi connectivity index (χ1v) is 9.40. The molecule has 0 saturated heterocycles. The zero-order valence-corrected chi connectivity index (χ0v) is 15.9. The van der Waals surface area contributed by atoms with Gasteiger partial charge in [0.2, 0.25) is 11.9 Å². The van der Waals surface area contributed by atoms with E-state index in [1.807, 2.05) is 37.4 Å². The van der Waals surface area contributed by atoms with E-state index in [0.29, 0.717) is 11.8 Å². The zero-order valence-electron chi connectivity index (χ0n) is 15.9. The van der Waals surface area contributed by atoms with Crippen molar-refractivity contribution >= 4 is 23.3 Å². The van der Waals surface area contributed by atoms with E-state index >= 15 is 0 Å². The molecule has 2 aromatic heterocycles. The minimum atomic E-state index is 0.263. The summed E-state index contributed by atoms with van der Waals surface area (Å²) >= 11 is 0. The highest BCUT2D eigenvalue weighted by molar-refractivity contribution is 5.68. The van der Waals surface area contributed by atoms with Gasteiger partial charge >= 0.3 is 0 Å². The molecule has 3 heterocycles. The quantitative estimate of drug-likeness (QED) is 0.496. The van der Waals surface area contributed by atoms with Gasteiger partial charge in [-0.3, -0.25) is 0 Å². The molecule has 0 atom stereocenters. The Morgan fingerprint density at radius 3 is 2.69 bits per heavy atom. The summed E-state index contributed by atoms with van der Waals surface area (Å²) in [6.07, 6.45) is 2.69. The normalized spacial score (nSPS) is 12.4. The topological polar surface area (TPSA) is 107 Å². The molecule has 0 radical (unpaired) electrons. The summed E-state index contributed by atoms with van der Waals surface area (Å²) in [7, 11) is 1.88. The number of hydrogen-bond acceptors (Lipinski definition) is 7. The molecule has 1 aliphatic rings. The Kier molecular flexibility index (Phi) is 4.09. The molecule has 0 saturated carbocycles. The monoisotopic (exact) mass is 384 g/mol. The summed E-state index contributed by atoms with van der Waals surface area (Å²) in [6.45, 7) is 0.985. The highest BCUT2D eigenvalue weighted by atomic mass is 15.4. The van der Waals surface area contributed by atoms with E-state index in [9.17, 15) is 0 Å².